The van der Waals surface area contributed by atoms with Crippen molar-refractivity contribution in [3.8, 4) is 16.7 Å². The van der Waals surface area contributed by atoms with Crippen molar-refractivity contribution in [2.45, 2.75) is 43.8 Å². The number of nitrogens with one attached hydrogen (secondary N) is 1. The first-order chi connectivity index (χ1) is 15.5. The maximum atomic E-state index is 11.6. The number of hydrogen-bond acceptors (Lipinski definition) is 6. The van der Waals surface area contributed by atoms with E-state index in [9.17, 15) is 4.79 Å². The van der Waals surface area contributed by atoms with Crippen molar-refractivity contribution in [2.24, 2.45) is 5.73 Å². The van der Waals surface area contributed by atoms with Gasteiger partial charge in [-0.25, -0.2) is 9.78 Å². The van der Waals surface area contributed by atoms with Crippen LogP contribution in [0.4, 0.5) is 4.79 Å². The number of piperidine rings is 1. The minimum Gasteiger partial charge on any atom is -0.492 e. The third kappa shape index (κ3) is 4.62. The summed E-state index contributed by atoms with van der Waals surface area (Å²) in [4.78, 5) is 18.0. The Kier molecular flexibility index (Phi) is 6.08. The Morgan fingerprint density at radius 2 is 1.88 bits per heavy atom. The number of fused-ring (bicyclic) bond motifs is 3. The molecule has 3 aromatic rings. The van der Waals surface area contributed by atoms with Gasteiger partial charge in [-0.05, 0) is 68.1 Å². The van der Waals surface area contributed by atoms with Gasteiger partial charge in [0.15, 0.2) is 0 Å². The maximum absolute atomic E-state index is 11.6. The monoisotopic (exact) mass is 472 g/mol. The van der Waals surface area contributed by atoms with Gasteiger partial charge in [-0.2, -0.15) is 0 Å². The Labute approximate surface area is 195 Å². The summed E-state index contributed by atoms with van der Waals surface area (Å²) in [6.07, 6.45) is 4.04. The van der Waals surface area contributed by atoms with E-state index in [-0.39, 0.29) is 18.1 Å². The number of aromatic nitrogens is 1. The molecular formula is C23H25ClN4O3S. The number of carbonyl (C=O) groups is 1. The second kappa shape index (κ2) is 9.13. The van der Waals surface area contributed by atoms with Crippen LogP contribution >= 0.6 is 22.9 Å². The van der Waals surface area contributed by atoms with Crippen molar-refractivity contribution in [2.75, 3.05) is 13.2 Å². The quantitative estimate of drug-likeness (QED) is 0.483. The molecule has 2 amide bonds. The SMILES string of the molecule is NC(=O)N1[C@@H]2CC[C@H]1CC(NCCOc1ccc(Oc3nc4cc(Cl)ccc4s3)cc1)C2. The van der Waals surface area contributed by atoms with Crippen LogP contribution in [0.2, 0.25) is 5.02 Å². The zero-order valence-electron chi connectivity index (χ0n) is 17.5. The molecule has 2 aliphatic rings. The van der Waals surface area contributed by atoms with Crippen molar-refractivity contribution in [1.82, 2.24) is 15.2 Å². The van der Waals surface area contributed by atoms with Crippen molar-refractivity contribution in [3.63, 3.8) is 0 Å². The minimum absolute atomic E-state index is 0.278. The minimum atomic E-state index is -0.278. The zero-order chi connectivity index (χ0) is 22.1. The Morgan fingerprint density at radius 1 is 1.16 bits per heavy atom. The number of nitrogens with two attached hydrogens (primary N) is 1. The van der Waals surface area contributed by atoms with Gasteiger partial charge in [0.2, 0.25) is 0 Å². The molecule has 3 heterocycles. The summed E-state index contributed by atoms with van der Waals surface area (Å²) in [6.45, 7) is 1.33. The third-order valence-corrected chi connectivity index (χ3v) is 7.30. The van der Waals surface area contributed by atoms with Crippen molar-refractivity contribution in [3.05, 3.63) is 47.5 Å². The fourth-order valence-electron chi connectivity index (χ4n) is 4.76. The largest absolute Gasteiger partial charge is 0.492 e. The molecule has 7 nitrogen and oxygen atoms in total. The number of ether oxygens (including phenoxy) is 2. The summed E-state index contributed by atoms with van der Waals surface area (Å²) in [5.41, 5.74) is 6.36. The maximum Gasteiger partial charge on any atom is 0.315 e. The molecular weight excluding hydrogens is 448 g/mol. The van der Waals surface area contributed by atoms with Crippen LogP contribution in [-0.4, -0.2) is 47.2 Å². The highest BCUT2D eigenvalue weighted by Crippen LogP contribution is 2.35. The van der Waals surface area contributed by atoms with Gasteiger partial charge in [-0.3, -0.25) is 0 Å². The highest BCUT2D eigenvalue weighted by molar-refractivity contribution is 7.20. The van der Waals surface area contributed by atoms with Crippen molar-refractivity contribution < 1.29 is 14.3 Å². The summed E-state index contributed by atoms with van der Waals surface area (Å²) in [5, 5.41) is 4.81. The third-order valence-electron chi connectivity index (χ3n) is 6.15. The van der Waals surface area contributed by atoms with Crippen LogP contribution in [0, 0.1) is 0 Å². The molecule has 168 valence electrons. The lowest BCUT2D eigenvalue weighted by Gasteiger charge is -2.38. The summed E-state index contributed by atoms with van der Waals surface area (Å²) in [7, 11) is 0. The molecule has 3 N–H and O–H groups in total. The number of hydrogen-bond donors (Lipinski definition) is 2. The van der Waals surface area contributed by atoms with Crippen LogP contribution in [0.3, 0.4) is 0 Å². The Balaban J connectivity index is 1.07. The van der Waals surface area contributed by atoms with Crippen molar-refractivity contribution >= 4 is 39.2 Å². The zero-order valence-corrected chi connectivity index (χ0v) is 19.1. The first-order valence-electron chi connectivity index (χ1n) is 10.8. The predicted molar refractivity (Wildman–Crippen MR) is 126 cm³/mol. The van der Waals surface area contributed by atoms with Crippen LogP contribution in [-0.2, 0) is 0 Å². The van der Waals surface area contributed by atoms with Gasteiger partial charge in [-0.15, -0.1) is 0 Å². The molecule has 2 aromatic carbocycles. The van der Waals surface area contributed by atoms with Gasteiger partial charge in [-0.1, -0.05) is 22.9 Å². The van der Waals surface area contributed by atoms with Gasteiger partial charge in [0, 0.05) is 29.7 Å². The van der Waals surface area contributed by atoms with Crippen LogP contribution in [0.15, 0.2) is 42.5 Å². The predicted octanol–water partition coefficient (Wildman–Crippen LogP) is 4.78. The molecule has 3 atom stereocenters. The van der Waals surface area contributed by atoms with E-state index >= 15 is 0 Å². The summed E-state index contributed by atoms with van der Waals surface area (Å²) < 4.78 is 12.8. The number of nitrogens with zero attached hydrogens (tertiary/aromatic N) is 2. The summed E-state index contributed by atoms with van der Waals surface area (Å²) in [6, 6.07) is 13.9. The molecule has 2 aliphatic heterocycles. The van der Waals surface area contributed by atoms with E-state index in [2.05, 4.69) is 10.3 Å². The lowest BCUT2D eigenvalue weighted by Crippen LogP contribution is -2.53. The molecule has 2 fully saturated rings. The molecule has 32 heavy (non-hydrogen) atoms. The highest BCUT2D eigenvalue weighted by Gasteiger charge is 2.42. The number of amides is 2. The normalized spacial score (nSPS) is 22.3. The topological polar surface area (TPSA) is 89.7 Å². The fraction of sp³-hybridized carbons (Fsp3) is 0.391. The molecule has 0 saturated carbocycles. The molecule has 2 saturated heterocycles. The van der Waals surface area contributed by atoms with E-state index in [1.165, 1.54) is 11.3 Å². The molecule has 5 rings (SSSR count). The van der Waals surface area contributed by atoms with Gasteiger partial charge in [0.25, 0.3) is 5.19 Å². The molecule has 0 spiro atoms. The Morgan fingerprint density at radius 3 is 2.59 bits per heavy atom. The van der Waals surface area contributed by atoms with Gasteiger partial charge >= 0.3 is 6.03 Å². The number of halogens is 1. The molecule has 1 aromatic heterocycles. The van der Waals surface area contributed by atoms with Crippen LogP contribution < -0.4 is 20.5 Å². The van der Waals surface area contributed by atoms with Crippen LogP contribution in [0.5, 0.6) is 16.7 Å². The van der Waals surface area contributed by atoms with Crippen LogP contribution in [0.1, 0.15) is 25.7 Å². The first-order valence-corrected chi connectivity index (χ1v) is 12.0. The van der Waals surface area contributed by atoms with Crippen molar-refractivity contribution in [1.29, 1.82) is 0 Å². The highest BCUT2D eigenvalue weighted by atomic mass is 35.5. The second-order valence-corrected chi connectivity index (χ2v) is 9.70. The number of rotatable bonds is 7. The number of thiazole rings is 1. The van der Waals surface area contributed by atoms with Gasteiger partial charge in [0.05, 0.1) is 10.2 Å². The number of benzene rings is 2. The molecule has 9 heteroatoms. The van der Waals surface area contributed by atoms with E-state index in [0.29, 0.717) is 28.6 Å². The second-order valence-electron chi connectivity index (χ2n) is 8.27. The van der Waals surface area contributed by atoms with Gasteiger partial charge in [0.1, 0.15) is 18.1 Å². The molecule has 1 unspecified atom stereocenters. The number of primary amides is 1. The standard InChI is InChI=1S/C23H25ClN4O3S/c24-14-1-8-21-20(11-14)27-23(32-21)31-19-6-4-18(5-7-19)30-10-9-26-15-12-16-2-3-17(13-15)28(16)22(25)29/h1,4-8,11,15-17,26H,2-3,9-10,12-13H2,(H2,25,29)/t15?,16-,17+. The lowest BCUT2D eigenvalue weighted by molar-refractivity contribution is 0.136. The first kappa shape index (κ1) is 21.3. The van der Waals surface area contributed by atoms with E-state index in [1.54, 1.807) is 0 Å². The lowest BCUT2D eigenvalue weighted by atomic mass is 9.98. The molecule has 0 aliphatic carbocycles. The number of carbonyl (C=O) groups excluding carboxylic acids is 1. The van der Waals surface area contributed by atoms with E-state index in [1.807, 2.05) is 47.4 Å². The summed E-state index contributed by atoms with van der Waals surface area (Å²) in [5.74, 6) is 1.50. The van der Waals surface area contributed by atoms with Crippen LogP contribution in [0.25, 0.3) is 10.2 Å². The summed E-state index contributed by atoms with van der Waals surface area (Å²) >= 11 is 7.50. The Hall–Kier alpha value is -2.55. The van der Waals surface area contributed by atoms with E-state index in [0.717, 1.165) is 48.2 Å². The average molecular weight is 473 g/mol. The molecule has 0 radical (unpaired) electrons. The van der Waals surface area contributed by atoms with E-state index in [4.69, 9.17) is 26.8 Å². The molecule has 2 bridgehead atoms. The smallest absolute Gasteiger partial charge is 0.315 e. The van der Waals surface area contributed by atoms with E-state index < -0.39 is 0 Å². The number of urea groups is 1. The fourth-order valence-corrected chi connectivity index (χ4v) is 5.74. The van der Waals surface area contributed by atoms with Gasteiger partial charge < -0.3 is 25.4 Å². The average Bonchev–Trinajstić information content (AvgIpc) is 3.29. The Bertz CT molecular complexity index is 1090.